The van der Waals surface area contributed by atoms with Crippen molar-refractivity contribution < 1.29 is 4.74 Å². The zero-order valence-electron chi connectivity index (χ0n) is 5.95. The molecule has 0 aromatic heterocycles. The quantitative estimate of drug-likeness (QED) is 0.542. The van der Waals surface area contributed by atoms with E-state index in [4.69, 9.17) is 4.74 Å². The Kier molecular flexibility index (Phi) is 0.799. The van der Waals surface area contributed by atoms with Gasteiger partial charge in [0.05, 0.1) is 0 Å². The van der Waals surface area contributed by atoms with E-state index in [2.05, 4.69) is 29.3 Å². The first-order valence-electron chi connectivity index (χ1n) is 3.74. The number of nitrogens with zero attached hydrogens (tertiary/aromatic N) is 1. The molecule has 2 nitrogen and oxygen atoms in total. The fourth-order valence-electron chi connectivity index (χ4n) is 1.55. The fourth-order valence-corrected chi connectivity index (χ4v) is 1.55. The fraction of sp³-hybridized carbons (Fsp3) is 0.222. The van der Waals surface area contributed by atoms with Crippen molar-refractivity contribution in [3.05, 3.63) is 35.4 Å². The zero-order chi connectivity index (χ0) is 7.26. The van der Waals surface area contributed by atoms with Crippen LogP contribution in [0, 0.1) is 0 Å². The summed E-state index contributed by atoms with van der Waals surface area (Å²) >= 11 is 0. The van der Waals surface area contributed by atoms with E-state index >= 15 is 0 Å². The van der Waals surface area contributed by atoms with E-state index in [1.165, 1.54) is 5.56 Å². The van der Waals surface area contributed by atoms with E-state index in [-0.39, 0.29) is 6.04 Å². The topological polar surface area (TPSA) is 21.6 Å². The number of hydrogen-bond acceptors (Lipinski definition) is 2. The summed E-state index contributed by atoms with van der Waals surface area (Å²) in [5.74, 6) is 0.815. The number of fused-ring (bicyclic) bond motifs is 2. The zero-order valence-corrected chi connectivity index (χ0v) is 5.95. The second-order valence-electron chi connectivity index (χ2n) is 2.88. The lowest BCUT2D eigenvalue weighted by molar-refractivity contribution is 0.318. The van der Waals surface area contributed by atoms with E-state index in [0.717, 1.165) is 18.1 Å². The van der Waals surface area contributed by atoms with Gasteiger partial charge < -0.3 is 4.74 Å². The number of aliphatic imine (C=N–C) groups is 1. The second-order valence-corrected chi connectivity index (χ2v) is 2.88. The summed E-state index contributed by atoms with van der Waals surface area (Å²) in [5, 5.41) is 0. The van der Waals surface area contributed by atoms with Crippen molar-refractivity contribution in [2.24, 2.45) is 4.99 Å². The van der Waals surface area contributed by atoms with Crippen molar-refractivity contribution in [2.45, 2.75) is 6.04 Å². The average molecular weight is 145 g/mol. The highest BCUT2D eigenvalue weighted by molar-refractivity contribution is 5.96. The lowest BCUT2D eigenvalue weighted by atomic mass is 10.1. The molecule has 4 bridgehead atoms. The molecule has 54 valence electrons. The normalized spacial score (nSPS) is 24.4. The van der Waals surface area contributed by atoms with E-state index in [0.29, 0.717) is 0 Å². The van der Waals surface area contributed by atoms with Crippen molar-refractivity contribution >= 4 is 5.90 Å². The van der Waals surface area contributed by atoms with Gasteiger partial charge in [0.15, 0.2) is 0 Å². The Balaban J connectivity index is 2.35. The van der Waals surface area contributed by atoms with Crippen molar-refractivity contribution in [1.82, 2.24) is 0 Å². The lowest BCUT2D eigenvalue weighted by Gasteiger charge is -2.07. The van der Waals surface area contributed by atoms with Crippen molar-refractivity contribution in [3.63, 3.8) is 0 Å². The number of ether oxygens (including phenoxy) is 1. The summed E-state index contributed by atoms with van der Waals surface area (Å²) in [7, 11) is 0. The molecule has 3 aliphatic rings. The van der Waals surface area contributed by atoms with Crippen LogP contribution in [-0.2, 0) is 4.74 Å². The van der Waals surface area contributed by atoms with Crippen LogP contribution in [0.2, 0.25) is 0 Å². The maximum Gasteiger partial charge on any atom is 0.216 e. The van der Waals surface area contributed by atoms with Crippen LogP contribution in [0.25, 0.3) is 0 Å². The Labute approximate surface area is 64.5 Å². The number of hydrogen-bond donors (Lipinski definition) is 0. The van der Waals surface area contributed by atoms with Crippen LogP contribution in [0.3, 0.4) is 0 Å². The van der Waals surface area contributed by atoms with Gasteiger partial charge in [-0.25, -0.2) is 4.99 Å². The highest BCUT2D eigenvalue weighted by Gasteiger charge is 2.24. The maximum atomic E-state index is 5.38. The molecule has 11 heavy (non-hydrogen) atoms. The Morgan fingerprint density at radius 2 is 2.09 bits per heavy atom. The minimum Gasteiger partial charge on any atom is -0.475 e. The highest BCUT2D eigenvalue weighted by Crippen LogP contribution is 2.29. The van der Waals surface area contributed by atoms with Gasteiger partial charge in [0, 0.05) is 5.56 Å². The van der Waals surface area contributed by atoms with E-state index in [1.807, 2.05) is 0 Å². The van der Waals surface area contributed by atoms with Gasteiger partial charge >= 0.3 is 0 Å². The van der Waals surface area contributed by atoms with E-state index in [9.17, 15) is 0 Å². The second kappa shape index (κ2) is 1.64. The molecule has 4 rings (SSSR count). The Hall–Kier alpha value is -1.31. The first-order chi connectivity index (χ1) is 5.43. The molecule has 0 aliphatic carbocycles. The van der Waals surface area contributed by atoms with Gasteiger partial charge in [0.1, 0.15) is 12.6 Å². The van der Waals surface area contributed by atoms with Crippen molar-refractivity contribution in [3.8, 4) is 0 Å². The first kappa shape index (κ1) is 5.35. The molecule has 0 N–H and O–H groups in total. The summed E-state index contributed by atoms with van der Waals surface area (Å²) in [5.41, 5.74) is 2.37. The van der Waals surface area contributed by atoms with Crippen LogP contribution >= 0.6 is 0 Å². The third-order valence-corrected chi connectivity index (χ3v) is 2.19. The molecular weight excluding hydrogens is 138 g/mol. The van der Waals surface area contributed by atoms with Gasteiger partial charge in [0.2, 0.25) is 5.90 Å². The van der Waals surface area contributed by atoms with Gasteiger partial charge in [-0.15, -0.1) is 0 Å². The van der Waals surface area contributed by atoms with Gasteiger partial charge in [-0.05, 0) is 17.7 Å². The average Bonchev–Trinajstić information content (AvgIpc) is 2.38. The SMILES string of the molecule is c1cc2ccc1C1=NC2CO1. The first-order valence-corrected chi connectivity index (χ1v) is 3.74. The van der Waals surface area contributed by atoms with Crippen LogP contribution < -0.4 is 0 Å². The molecule has 0 amide bonds. The van der Waals surface area contributed by atoms with Crippen LogP contribution in [0.5, 0.6) is 0 Å². The molecule has 1 aromatic rings. The highest BCUT2D eigenvalue weighted by atomic mass is 16.5. The smallest absolute Gasteiger partial charge is 0.216 e. The van der Waals surface area contributed by atoms with Crippen LogP contribution in [0.4, 0.5) is 0 Å². The molecule has 1 aromatic carbocycles. The van der Waals surface area contributed by atoms with E-state index in [1.54, 1.807) is 0 Å². The Morgan fingerprint density at radius 3 is 2.91 bits per heavy atom. The van der Waals surface area contributed by atoms with Crippen LogP contribution in [0.1, 0.15) is 17.2 Å². The maximum absolute atomic E-state index is 5.38. The third kappa shape index (κ3) is 0.589. The van der Waals surface area contributed by atoms with Crippen LogP contribution in [-0.4, -0.2) is 12.5 Å². The van der Waals surface area contributed by atoms with Gasteiger partial charge in [0.25, 0.3) is 0 Å². The monoisotopic (exact) mass is 145 g/mol. The van der Waals surface area contributed by atoms with Crippen molar-refractivity contribution in [1.29, 1.82) is 0 Å². The summed E-state index contributed by atoms with van der Waals surface area (Å²) in [6.45, 7) is 0.725. The summed E-state index contributed by atoms with van der Waals surface area (Å²) in [6, 6.07) is 8.64. The molecule has 0 fully saturated rings. The lowest BCUT2D eigenvalue weighted by Crippen LogP contribution is -2.04. The molecule has 0 spiro atoms. The molecule has 3 heterocycles. The summed E-state index contributed by atoms with van der Waals surface area (Å²) < 4.78 is 5.38. The number of rotatable bonds is 0. The molecule has 0 radical (unpaired) electrons. The molecule has 1 atom stereocenters. The minimum atomic E-state index is 0.262. The third-order valence-electron chi connectivity index (χ3n) is 2.19. The Bertz CT molecular complexity index is 326. The van der Waals surface area contributed by atoms with Gasteiger partial charge in [-0.3, -0.25) is 0 Å². The molecule has 1 unspecified atom stereocenters. The molecule has 0 saturated carbocycles. The minimum absolute atomic E-state index is 0.262. The molecule has 2 heteroatoms. The molecular formula is C9H7NO. The molecule has 0 saturated heterocycles. The predicted octanol–water partition coefficient (Wildman–Crippen LogP) is 1.52. The summed E-state index contributed by atoms with van der Waals surface area (Å²) in [6.07, 6.45) is 0. The van der Waals surface area contributed by atoms with Crippen LogP contribution in [0.15, 0.2) is 29.3 Å². The van der Waals surface area contributed by atoms with Crippen molar-refractivity contribution in [2.75, 3.05) is 6.61 Å². The predicted molar refractivity (Wildman–Crippen MR) is 41.7 cm³/mol. The van der Waals surface area contributed by atoms with Gasteiger partial charge in [-0.1, -0.05) is 12.1 Å². The number of benzene rings is 1. The summed E-state index contributed by atoms with van der Waals surface area (Å²) in [4.78, 5) is 4.41. The molecule has 3 aliphatic heterocycles. The standard InChI is InChI=1S/C9H7NO/c1-3-7-4-2-6(1)8-5-11-9(7)10-8/h1-4,8H,5H2. The van der Waals surface area contributed by atoms with E-state index < -0.39 is 0 Å². The largest absolute Gasteiger partial charge is 0.475 e. The van der Waals surface area contributed by atoms with Gasteiger partial charge in [-0.2, -0.15) is 0 Å². The Morgan fingerprint density at radius 1 is 1.27 bits per heavy atom.